The van der Waals surface area contributed by atoms with E-state index >= 15 is 0 Å². The molecule has 0 saturated heterocycles. The highest BCUT2D eigenvalue weighted by molar-refractivity contribution is 7.46. The lowest BCUT2D eigenvalue weighted by molar-refractivity contribution is 0.166. The Labute approximate surface area is 65.6 Å². The smallest absolute Gasteiger partial charge is 0.385 e. The fourth-order valence-corrected chi connectivity index (χ4v) is 0.899. The van der Waals surface area contributed by atoms with Crippen LogP contribution in [0, 0.1) is 0 Å². The van der Waals surface area contributed by atoms with Crippen molar-refractivity contribution >= 4 is 7.82 Å². The molecule has 0 aliphatic rings. The van der Waals surface area contributed by atoms with E-state index in [1.807, 2.05) is 0 Å². The van der Waals surface area contributed by atoms with Gasteiger partial charge in [-0.3, -0.25) is 4.52 Å². The zero-order chi connectivity index (χ0) is 8.74. The van der Waals surface area contributed by atoms with Crippen molar-refractivity contribution in [3.05, 3.63) is 0 Å². The molecule has 0 aromatic heterocycles. The van der Waals surface area contributed by atoms with Crippen LogP contribution in [0.5, 0.6) is 0 Å². The average Bonchev–Trinajstić information content (AvgIpc) is 1.85. The summed E-state index contributed by atoms with van der Waals surface area (Å²) < 4.78 is 19.0. The topological polar surface area (TPSA) is 76.0 Å². The van der Waals surface area contributed by atoms with Crippen molar-refractivity contribution in [3.8, 4) is 0 Å². The summed E-state index contributed by atoms with van der Waals surface area (Å²) in [6.07, 6.45) is 1.34. The third-order valence-corrected chi connectivity index (χ3v) is 1.52. The highest BCUT2D eigenvalue weighted by atomic mass is 31.2. The molecule has 5 nitrogen and oxygen atoms in total. The second kappa shape index (κ2) is 5.69. The van der Waals surface area contributed by atoms with E-state index in [1.165, 1.54) is 0 Å². The number of ether oxygens (including phenoxy) is 1. The highest BCUT2D eigenvalue weighted by Gasteiger charge is 2.11. The maximum atomic E-state index is 10.1. The first-order valence-corrected chi connectivity index (χ1v) is 4.78. The summed E-state index contributed by atoms with van der Waals surface area (Å²) in [5.74, 6) is 0. The van der Waals surface area contributed by atoms with Crippen molar-refractivity contribution in [1.29, 1.82) is 0 Å². The molecule has 2 N–H and O–H groups in total. The fraction of sp³-hybridized carbons (Fsp3) is 1.00. The van der Waals surface area contributed by atoms with Gasteiger partial charge in [-0.25, -0.2) is 4.57 Å². The molecule has 68 valence electrons. The molecule has 0 saturated carbocycles. The minimum atomic E-state index is -4.26. The average molecular weight is 184 g/mol. The van der Waals surface area contributed by atoms with Crippen LogP contribution in [0.3, 0.4) is 0 Å². The lowest BCUT2D eigenvalue weighted by Gasteiger charge is -2.03. The van der Waals surface area contributed by atoms with Gasteiger partial charge in [0.2, 0.25) is 0 Å². The summed E-state index contributed by atoms with van der Waals surface area (Å²) in [6.45, 7) is 0.665. The van der Waals surface area contributed by atoms with Gasteiger partial charge in [-0.2, -0.15) is 0 Å². The van der Waals surface area contributed by atoms with Crippen molar-refractivity contribution in [2.24, 2.45) is 0 Å². The first-order valence-electron chi connectivity index (χ1n) is 3.25. The van der Waals surface area contributed by atoms with Gasteiger partial charge >= 0.3 is 7.82 Å². The zero-order valence-corrected chi connectivity index (χ0v) is 7.29. The van der Waals surface area contributed by atoms with Gasteiger partial charge in [-0.05, 0) is 12.8 Å². The summed E-state index contributed by atoms with van der Waals surface area (Å²) in [5, 5.41) is 0. The second-order valence-electron chi connectivity index (χ2n) is 2.02. The summed E-state index contributed by atoms with van der Waals surface area (Å²) in [5.41, 5.74) is 0. The van der Waals surface area contributed by atoms with E-state index in [9.17, 15) is 4.57 Å². The van der Waals surface area contributed by atoms with Gasteiger partial charge in [0, 0.05) is 13.7 Å². The quantitative estimate of drug-likeness (QED) is 0.465. The number of unbranched alkanes of at least 4 members (excludes halogenated alkanes) is 1. The predicted octanol–water partition coefficient (Wildman–Crippen LogP) is 0.522. The SMILES string of the molecule is COCCCCOP(=O)(O)O. The maximum absolute atomic E-state index is 10.1. The molecule has 0 atom stereocenters. The number of methoxy groups -OCH3 is 1. The van der Waals surface area contributed by atoms with E-state index < -0.39 is 7.82 Å². The normalized spacial score (nSPS) is 11.9. The number of phosphoric acid groups is 1. The van der Waals surface area contributed by atoms with Crippen LogP contribution < -0.4 is 0 Å². The molecule has 0 aromatic carbocycles. The summed E-state index contributed by atoms with van der Waals surface area (Å²) in [7, 11) is -2.68. The molecule has 0 aromatic rings. The third-order valence-electron chi connectivity index (χ3n) is 1.00. The van der Waals surface area contributed by atoms with Crippen molar-refractivity contribution in [1.82, 2.24) is 0 Å². The summed E-state index contributed by atoms with van der Waals surface area (Å²) in [4.78, 5) is 16.5. The standard InChI is InChI=1S/C5H13O5P/c1-9-4-2-3-5-10-11(6,7)8/h2-5H2,1H3,(H2,6,7,8). The fourth-order valence-electron chi connectivity index (χ4n) is 0.532. The Balaban J connectivity index is 3.09. The van der Waals surface area contributed by atoms with E-state index in [1.54, 1.807) is 7.11 Å². The largest absolute Gasteiger partial charge is 0.469 e. The van der Waals surface area contributed by atoms with Crippen LogP contribution >= 0.6 is 7.82 Å². The van der Waals surface area contributed by atoms with Gasteiger partial charge in [-0.1, -0.05) is 0 Å². The molecule has 0 fully saturated rings. The van der Waals surface area contributed by atoms with Crippen LogP contribution in [0.1, 0.15) is 12.8 Å². The molecular formula is C5H13O5P. The Morgan fingerprint density at radius 1 is 1.27 bits per heavy atom. The predicted molar refractivity (Wildman–Crippen MR) is 39.1 cm³/mol. The minimum absolute atomic E-state index is 0.0770. The number of hydrogen-bond donors (Lipinski definition) is 2. The number of phosphoric ester groups is 1. The molecule has 0 bridgehead atoms. The van der Waals surface area contributed by atoms with Crippen LogP contribution in [-0.2, 0) is 13.8 Å². The molecule has 0 spiro atoms. The Kier molecular flexibility index (Phi) is 5.72. The molecule has 6 heteroatoms. The Morgan fingerprint density at radius 3 is 2.27 bits per heavy atom. The molecule has 0 amide bonds. The molecular weight excluding hydrogens is 171 g/mol. The van der Waals surface area contributed by atoms with Crippen LogP contribution in [0.2, 0.25) is 0 Å². The van der Waals surface area contributed by atoms with Gasteiger partial charge in [-0.15, -0.1) is 0 Å². The minimum Gasteiger partial charge on any atom is -0.385 e. The molecule has 0 unspecified atom stereocenters. The number of hydrogen-bond acceptors (Lipinski definition) is 3. The summed E-state index contributed by atoms with van der Waals surface area (Å²) in [6, 6.07) is 0. The monoisotopic (exact) mass is 184 g/mol. The molecule has 0 rings (SSSR count). The van der Waals surface area contributed by atoms with Gasteiger partial charge in [0.05, 0.1) is 6.61 Å². The van der Waals surface area contributed by atoms with E-state index in [2.05, 4.69) is 4.52 Å². The lowest BCUT2D eigenvalue weighted by Crippen LogP contribution is -1.95. The Hall–Kier alpha value is 0.0700. The van der Waals surface area contributed by atoms with Crippen LogP contribution in [0.25, 0.3) is 0 Å². The van der Waals surface area contributed by atoms with Crippen molar-refractivity contribution in [2.75, 3.05) is 20.3 Å². The van der Waals surface area contributed by atoms with Gasteiger partial charge in [0.1, 0.15) is 0 Å². The first-order chi connectivity index (χ1) is 5.06. The van der Waals surface area contributed by atoms with Crippen molar-refractivity contribution < 1.29 is 23.6 Å². The van der Waals surface area contributed by atoms with Gasteiger partial charge < -0.3 is 14.5 Å². The molecule has 11 heavy (non-hydrogen) atoms. The number of rotatable bonds is 6. The third kappa shape index (κ3) is 10.1. The zero-order valence-electron chi connectivity index (χ0n) is 6.39. The first kappa shape index (κ1) is 11.1. The van der Waals surface area contributed by atoms with E-state index in [0.29, 0.717) is 13.0 Å². The lowest BCUT2D eigenvalue weighted by atomic mass is 10.3. The van der Waals surface area contributed by atoms with Crippen LogP contribution in [0.15, 0.2) is 0 Å². The van der Waals surface area contributed by atoms with Crippen LogP contribution in [-0.4, -0.2) is 30.1 Å². The Bertz CT molecular complexity index is 131. The van der Waals surface area contributed by atoms with E-state index in [4.69, 9.17) is 14.5 Å². The van der Waals surface area contributed by atoms with Gasteiger partial charge in [0.25, 0.3) is 0 Å². The highest BCUT2D eigenvalue weighted by Crippen LogP contribution is 2.35. The molecule has 0 heterocycles. The maximum Gasteiger partial charge on any atom is 0.469 e. The van der Waals surface area contributed by atoms with Crippen molar-refractivity contribution in [3.63, 3.8) is 0 Å². The molecule has 0 radical (unpaired) electrons. The molecule has 0 aliphatic heterocycles. The van der Waals surface area contributed by atoms with E-state index in [0.717, 1.165) is 6.42 Å². The second-order valence-corrected chi connectivity index (χ2v) is 3.26. The van der Waals surface area contributed by atoms with Gasteiger partial charge in [0.15, 0.2) is 0 Å². The van der Waals surface area contributed by atoms with Crippen LogP contribution in [0.4, 0.5) is 0 Å². The summed E-state index contributed by atoms with van der Waals surface area (Å²) >= 11 is 0. The molecule has 0 aliphatic carbocycles. The van der Waals surface area contributed by atoms with Crippen molar-refractivity contribution in [2.45, 2.75) is 12.8 Å². The van der Waals surface area contributed by atoms with E-state index in [-0.39, 0.29) is 6.61 Å². The Morgan fingerprint density at radius 2 is 1.82 bits per heavy atom.